The summed E-state index contributed by atoms with van der Waals surface area (Å²) in [7, 11) is 0. The van der Waals surface area contributed by atoms with Crippen molar-refractivity contribution in [3.63, 3.8) is 0 Å². The van der Waals surface area contributed by atoms with Crippen molar-refractivity contribution in [2.24, 2.45) is 0 Å². The monoisotopic (exact) mass is 247 g/mol. The van der Waals surface area contributed by atoms with Gasteiger partial charge in [0.25, 0.3) is 0 Å². The number of fused-ring (bicyclic) bond motifs is 1. The molecular weight excluding hydrogens is 234 g/mol. The maximum Gasteiger partial charge on any atom is 0.166 e. The van der Waals surface area contributed by atoms with E-state index >= 15 is 0 Å². The molecule has 0 aliphatic carbocycles. The molecule has 0 N–H and O–H groups in total. The Morgan fingerprint density at radius 1 is 0.947 bits per heavy atom. The Morgan fingerprint density at radius 3 is 2.47 bits per heavy atom. The first-order valence-corrected chi connectivity index (χ1v) is 6.11. The Morgan fingerprint density at radius 2 is 1.74 bits per heavy atom. The summed E-state index contributed by atoms with van der Waals surface area (Å²) in [5, 5.41) is 2.39. The number of aldehydes is 1. The van der Waals surface area contributed by atoms with Crippen molar-refractivity contribution in [2.45, 2.75) is 0 Å². The Labute approximate surface area is 111 Å². The summed E-state index contributed by atoms with van der Waals surface area (Å²) in [6, 6.07) is 18.2. The van der Waals surface area contributed by atoms with Crippen LogP contribution in [0.4, 0.5) is 0 Å². The largest absolute Gasteiger partial charge is 0.314 e. The number of aromatic nitrogens is 1. The second kappa shape index (κ2) is 4.58. The smallest absolute Gasteiger partial charge is 0.166 e. The molecule has 1 heterocycles. The van der Waals surface area contributed by atoms with E-state index in [2.05, 4.69) is 36.9 Å². The molecule has 3 aromatic rings. The summed E-state index contributed by atoms with van der Waals surface area (Å²) in [5.41, 5.74) is 2.66. The number of hydrogen-bond acceptors (Lipinski definition) is 1. The number of carbonyl (C=O) groups excluding carboxylic acids is 1. The number of hydrogen-bond donors (Lipinski definition) is 0. The van der Waals surface area contributed by atoms with Crippen LogP contribution >= 0.6 is 0 Å². The van der Waals surface area contributed by atoms with Crippen LogP contribution in [0.15, 0.2) is 61.2 Å². The number of nitrogens with zero attached hydrogens (tertiary/aromatic N) is 1. The van der Waals surface area contributed by atoms with Crippen molar-refractivity contribution in [1.29, 1.82) is 0 Å². The molecule has 1 aromatic heterocycles. The van der Waals surface area contributed by atoms with E-state index < -0.39 is 0 Å². The highest BCUT2D eigenvalue weighted by molar-refractivity contribution is 5.88. The molecule has 0 bridgehead atoms. The standard InChI is InChI=1S/C17H13NO/c1-2-18-16(12-19)9-10-17(18)15-8-7-13-5-3-4-6-14(13)11-15/h2-12H,1H2. The first-order valence-electron chi connectivity index (χ1n) is 6.11. The van der Waals surface area contributed by atoms with Gasteiger partial charge in [0.15, 0.2) is 6.29 Å². The third kappa shape index (κ3) is 1.87. The van der Waals surface area contributed by atoms with E-state index in [1.54, 1.807) is 16.8 Å². The van der Waals surface area contributed by atoms with E-state index in [1.165, 1.54) is 10.8 Å². The van der Waals surface area contributed by atoms with Crippen molar-refractivity contribution in [3.8, 4) is 11.3 Å². The molecule has 0 spiro atoms. The summed E-state index contributed by atoms with van der Waals surface area (Å²) >= 11 is 0. The van der Waals surface area contributed by atoms with E-state index in [4.69, 9.17) is 0 Å². The zero-order valence-electron chi connectivity index (χ0n) is 10.4. The van der Waals surface area contributed by atoms with E-state index in [-0.39, 0.29) is 0 Å². The van der Waals surface area contributed by atoms with Crippen molar-refractivity contribution < 1.29 is 4.79 Å². The molecule has 2 aromatic carbocycles. The molecule has 0 unspecified atom stereocenters. The van der Waals surface area contributed by atoms with Crippen LogP contribution in [0.25, 0.3) is 28.2 Å². The fourth-order valence-electron chi connectivity index (χ4n) is 2.35. The molecule has 19 heavy (non-hydrogen) atoms. The number of rotatable bonds is 3. The average Bonchev–Trinajstić information content (AvgIpc) is 2.89. The van der Waals surface area contributed by atoms with Gasteiger partial charge < -0.3 is 4.57 Å². The van der Waals surface area contributed by atoms with Gasteiger partial charge in [0.2, 0.25) is 0 Å². The van der Waals surface area contributed by atoms with Crippen LogP contribution in [-0.4, -0.2) is 10.9 Å². The van der Waals surface area contributed by atoms with Gasteiger partial charge in [0, 0.05) is 6.20 Å². The van der Waals surface area contributed by atoms with Gasteiger partial charge in [0.05, 0.1) is 11.4 Å². The highest BCUT2D eigenvalue weighted by Crippen LogP contribution is 2.26. The minimum atomic E-state index is 0.609. The third-order valence-corrected chi connectivity index (χ3v) is 3.30. The first-order chi connectivity index (χ1) is 9.33. The van der Waals surface area contributed by atoms with Gasteiger partial charge in [-0.3, -0.25) is 4.79 Å². The summed E-state index contributed by atoms with van der Waals surface area (Å²) < 4.78 is 1.80. The van der Waals surface area contributed by atoms with E-state index in [9.17, 15) is 4.79 Å². The van der Waals surface area contributed by atoms with Crippen LogP contribution in [0.2, 0.25) is 0 Å². The van der Waals surface area contributed by atoms with Crippen LogP contribution in [0.5, 0.6) is 0 Å². The van der Waals surface area contributed by atoms with Crippen molar-refractivity contribution in [1.82, 2.24) is 4.57 Å². The van der Waals surface area contributed by atoms with E-state index in [0.29, 0.717) is 5.69 Å². The Bertz CT molecular complexity index is 768. The summed E-state index contributed by atoms with van der Waals surface area (Å²) in [6.07, 6.45) is 2.50. The molecule has 2 nitrogen and oxygen atoms in total. The maximum absolute atomic E-state index is 11.0. The molecule has 3 rings (SSSR count). The fourth-order valence-corrected chi connectivity index (χ4v) is 2.35. The van der Waals surface area contributed by atoms with Crippen LogP contribution in [0, 0.1) is 0 Å². The molecular formula is C17H13NO. The lowest BCUT2D eigenvalue weighted by Gasteiger charge is -2.07. The summed E-state index contributed by atoms with van der Waals surface area (Å²) in [5.74, 6) is 0. The van der Waals surface area contributed by atoms with Gasteiger partial charge >= 0.3 is 0 Å². The predicted octanol–water partition coefficient (Wildman–Crippen LogP) is 4.22. The lowest BCUT2D eigenvalue weighted by molar-refractivity contribution is 0.111. The van der Waals surface area contributed by atoms with E-state index in [0.717, 1.165) is 17.5 Å². The van der Waals surface area contributed by atoms with Gasteiger partial charge in [0.1, 0.15) is 0 Å². The second-order valence-corrected chi connectivity index (χ2v) is 4.38. The SMILES string of the molecule is C=Cn1c(C=O)ccc1-c1ccc2ccccc2c1. The lowest BCUT2D eigenvalue weighted by Crippen LogP contribution is -1.94. The van der Waals surface area contributed by atoms with E-state index in [1.807, 2.05) is 18.2 Å². The van der Waals surface area contributed by atoms with Gasteiger partial charge in [-0.1, -0.05) is 43.0 Å². The first kappa shape index (κ1) is 11.5. The average molecular weight is 247 g/mol. The van der Waals surface area contributed by atoms with Crippen LogP contribution in [0.3, 0.4) is 0 Å². The minimum Gasteiger partial charge on any atom is -0.314 e. The molecule has 0 fully saturated rings. The molecule has 0 saturated heterocycles. The summed E-state index contributed by atoms with van der Waals surface area (Å²) in [4.78, 5) is 11.0. The van der Waals surface area contributed by atoms with Crippen LogP contribution in [0.1, 0.15) is 10.5 Å². The highest BCUT2D eigenvalue weighted by Gasteiger charge is 2.07. The van der Waals surface area contributed by atoms with Crippen LogP contribution in [-0.2, 0) is 0 Å². The third-order valence-electron chi connectivity index (χ3n) is 3.30. The Balaban J connectivity index is 2.21. The lowest BCUT2D eigenvalue weighted by atomic mass is 10.1. The Kier molecular flexibility index (Phi) is 2.76. The predicted molar refractivity (Wildman–Crippen MR) is 79.1 cm³/mol. The zero-order valence-corrected chi connectivity index (χ0v) is 10.4. The quantitative estimate of drug-likeness (QED) is 0.635. The van der Waals surface area contributed by atoms with Gasteiger partial charge in [-0.2, -0.15) is 0 Å². The fraction of sp³-hybridized carbons (Fsp3) is 0. The molecule has 0 radical (unpaired) electrons. The zero-order chi connectivity index (χ0) is 13.2. The van der Waals surface area contributed by atoms with Gasteiger partial charge in [-0.05, 0) is 34.5 Å². The molecule has 92 valence electrons. The molecule has 0 atom stereocenters. The Hall–Kier alpha value is -2.61. The van der Waals surface area contributed by atoms with Gasteiger partial charge in [-0.15, -0.1) is 0 Å². The van der Waals surface area contributed by atoms with Crippen molar-refractivity contribution in [2.75, 3.05) is 0 Å². The molecule has 0 aliphatic heterocycles. The van der Waals surface area contributed by atoms with Crippen LogP contribution < -0.4 is 0 Å². The minimum absolute atomic E-state index is 0.609. The molecule has 0 aliphatic rings. The second-order valence-electron chi connectivity index (χ2n) is 4.38. The van der Waals surface area contributed by atoms with Crippen molar-refractivity contribution in [3.05, 3.63) is 66.9 Å². The molecule has 0 amide bonds. The highest BCUT2D eigenvalue weighted by atomic mass is 16.1. The topological polar surface area (TPSA) is 22.0 Å². The van der Waals surface area contributed by atoms with Gasteiger partial charge in [-0.25, -0.2) is 0 Å². The maximum atomic E-state index is 11.0. The molecule has 0 saturated carbocycles. The molecule has 2 heteroatoms. The number of benzene rings is 2. The van der Waals surface area contributed by atoms with Crippen molar-refractivity contribution >= 4 is 23.3 Å². The number of carbonyl (C=O) groups is 1. The summed E-state index contributed by atoms with van der Waals surface area (Å²) in [6.45, 7) is 3.76. The normalized spacial score (nSPS) is 10.5.